The molecule has 0 N–H and O–H groups in total. The summed E-state index contributed by atoms with van der Waals surface area (Å²) in [5.74, 6) is 0.658. The summed E-state index contributed by atoms with van der Waals surface area (Å²) in [7, 11) is 0. The highest BCUT2D eigenvalue weighted by Gasteiger charge is 2.02. The van der Waals surface area contributed by atoms with Crippen LogP contribution in [0.15, 0.2) is 24.3 Å². The van der Waals surface area contributed by atoms with Crippen molar-refractivity contribution in [2.75, 3.05) is 0 Å². The Hall–Kier alpha value is -0.780. The maximum atomic E-state index is 2.24. The van der Waals surface area contributed by atoms with Crippen LogP contribution in [0.3, 0.4) is 0 Å². The molecule has 0 heterocycles. The van der Waals surface area contributed by atoms with Crippen LogP contribution in [-0.2, 0) is 6.42 Å². The summed E-state index contributed by atoms with van der Waals surface area (Å²) in [5, 5.41) is 0. The van der Waals surface area contributed by atoms with Crippen molar-refractivity contribution in [1.29, 1.82) is 0 Å². The van der Waals surface area contributed by atoms with Crippen molar-refractivity contribution in [2.45, 2.75) is 59.8 Å². The molecule has 1 rings (SSSR count). The first-order chi connectivity index (χ1) is 7.17. The lowest BCUT2D eigenvalue weighted by Gasteiger charge is -2.09. The summed E-state index contributed by atoms with van der Waals surface area (Å²) in [4.78, 5) is 0. The van der Waals surface area contributed by atoms with Gasteiger partial charge >= 0.3 is 0 Å². The van der Waals surface area contributed by atoms with Gasteiger partial charge in [0.1, 0.15) is 0 Å². The number of hydrogen-bond acceptors (Lipinski definition) is 0. The van der Waals surface area contributed by atoms with E-state index in [0.29, 0.717) is 5.92 Å². The average Bonchev–Trinajstić information content (AvgIpc) is 2.29. The van der Waals surface area contributed by atoms with E-state index in [1.165, 1.54) is 24.0 Å². The minimum atomic E-state index is 0.658. The number of rotatable bonds is 3. The second-order valence-electron chi connectivity index (χ2n) is 4.21. The highest BCUT2D eigenvalue weighted by atomic mass is 14.1. The SMILES string of the molecule is CCCC.CCc1ccccc1C(C)C. The zero-order valence-electron chi connectivity index (χ0n) is 11.0. The van der Waals surface area contributed by atoms with E-state index in [0.717, 1.165) is 6.42 Å². The number of aryl methyl sites for hydroxylation is 1. The van der Waals surface area contributed by atoms with Gasteiger partial charge in [0.25, 0.3) is 0 Å². The molecule has 1 aromatic rings. The lowest BCUT2D eigenvalue weighted by atomic mass is 9.96. The fourth-order valence-corrected chi connectivity index (χ4v) is 1.42. The minimum absolute atomic E-state index is 0.658. The maximum Gasteiger partial charge on any atom is -0.0216 e. The normalized spacial score (nSPS) is 9.73. The van der Waals surface area contributed by atoms with Gasteiger partial charge in [-0.2, -0.15) is 0 Å². The molecule has 0 saturated heterocycles. The third kappa shape index (κ3) is 5.61. The zero-order chi connectivity index (χ0) is 11.7. The van der Waals surface area contributed by atoms with Gasteiger partial charge in [0.2, 0.25) is 0 Å². The van der Waals surface area contributed by atoms with Crippen LogP contribution in [0.2, 0.25) is 0 Å². The predicted molar refractivity (Wildman–Crippen MR) is 70.5 cm³/mol. The molecule has 0 bridgehead atoms. The van der Waals surface area contributed by atoms with Gasteiger partial charge in [-0.3, -0.25) is 0 Å². The molecule has 0 nitrogen and oxygen atoms in total. The molecule has 0 radical (unpaired) electrons. The minimum Gasteiger partial charge on any atom is -0.0654 e. The smallest absolute Gasteiger partial charge is 0.0216 e. The second kappa shape index (κ2) is 8.52. The first-order valence-electron chi connectivity index (χ1n) is 6.25. The molecular formula is C15H26. The first kappa shape index (κ1) is 14.2. The van der Waals surface area contributed by atoms with E-state index < -0.39 is 0 Å². The van der Waals surface area contributed by atoms with Crippen LogP contribution in [-0.4, -0.2) is 0 Å². The van der Waals surface area contributed by atoms with Crippen molar-refractivity contribution in [3.8, 4) is 0 Å². The van der Waals surface area contributed by atoms with Gasteiger partial charge in [-0.1, -0.05) is 71.7 Å². The quantitative estimate of drug-likeness (QED) is 0.639. The van der Waals surface area contributed by atoms with Crippen LogP contribution in [0.4, 0.5) is 0 Å². The summed E-state index contributed by atoms with van der Waals surface area (Å²) in [6.45, 7) is 11.1. The fraction of sp³-hybridized carbons (Fsp3) is 0.600. The Balaban J connectivity index is 0.000000423. The van der Waals surface area contributed by atoms with E-state index >= 15 is 0 Å². The lowest BCUT2D eigenvalue weighted by Crippen LogP contribution is -1.93. The molecule has 1 aromatic carbocycles. The maximum absolute atomic E-state index is 2.24. The monoisotopic (exact) mass is 206 g/mol. The molecular weight excluding hydrogens is 180 g/mol. The molecule has 0 amide bonds. The van der Waals surface area contributed by atoms with E-state index in [-0.39, 0.29) is 0 Å². The Kier molecular flexibility index (Phi) is 8.08. The first-order valence-corrected chi connectivity index (χ1v) is 6.25. The average molecular weight is 206 g/mol. The fourth-order valence-electron chi connectivity index (χ4n) is 1.42. The summed E-state index contributed by atoms with van der Waals surface area (Å²) in [6, 6.07) is 8.68. The molecule has 0 saturated carbocycles. The van der Waals surface area contributed by atoms with E-state index in [1.54, 1.807) is 0 Å². The third-order valence-corrected chi connectivity index (χ3v) is 2.56. The van der Waals surface area contributed by atoms with Gasteiger partial charge in [0.05, 0.1) is 0 Å². The van der Waals surface area contributed by atoms with Gasteiger partial charge in [0.15, 0.2) is 0 Å². The van der Waals surface area contributed by atoms with Gasteiger partial charge in [-0.15, -0.1) is 0 Å². The second-order valence-corrected chi connectivity index (χ2v) is 4.21. The van der Waals surface area contributed by atoms with Crippen molar-refractivity contribution >= 4 is 0 Å². The topological polar surface area (TPSA) is 0 Å². The number of hydrogen-bond donors (Lipinski definition) is 0. The Bertz CT molecular complexity index is 246. The molecule has 0 aliphatic carbocycles. The van der Waals surface area contributed by atoms with Gasteiger partial charge in [0, 0.05) is 0 Å². The van der Waals surface area contributed by atoms with E-state index in [9.17, 15) is 0 Å². The van der Waals surface area contributed by atoms with Crippen molar-refractivity contribution in [3.05, 3.63) is 35.4 Å². The molecule has 0 atom stereocenters. The van der Waals surface area contributed by atoms with Crippen LogP contribution in [0.25, 0.3) is 0 Å². The molecule has 0 aromatic heterocycles. The summed E-state index contributed by atoms with van der Waals surface area (Å²) in [6.07, 6.45) is 3.79. The standard InChI is InChI=1S/C11H16.C4H10/c1-4-10-7-5-6-8-11(10)9(2)3;1-3-4-2/h5-9H,4H2,1-3H3;3-4H2,1-2H3. The molecule has 0 fully saturated rings. The Morgan fingerprint density at radius 2 is 1.47 bits per heavy atom. The van der Waals surface area contributed by atoms with Crippen molar-refractivity contribution in [2.24, 2.45) is 0 Å². The Labute approximate surface area is 95.7 Å². The van der Waals surface area contributed by atoms with Crippen LogP contribution >= 0.6 is 0 Å². The van der Waals surface area contributed by atoms with Gasteiger partial charge in [-0.25, -0.2) is 0 Å². The van der Waals surface area contributed by atoms with Crippen molar-refractivity contribution in [3.63, 3.8) is 0 Å². The van der Waals surface area contributed by atoms with Gasteiger partial charge < -0.3 is 0 Å². The van der Waals surface area contributed by atoms with E-state index in [4.69, 9.17) is 0 Å². The van der Waals surface area contributed by atoms with Crippen molar-refractivity contribution in [1.82, 2.24) is 0 Å². The van der Waals surface area contributed by atoms with E-state index in [1.807, 2.05) is 0 Å². The molecule has 0 spiro atoms. The Morgan fingerprint density at radius 3 is 1.80 bits per heavy atom. The summed E-state index contributed by atoms with van der Waals surface area (Å²) < 4.78 is 0. The molecule has 15 heavy (non-hydrogen) atoms. The molecule has 0 aliphatic rings. The largest absolute Gasteiger partial charge is 0.0654 e. The van der Waals surface area contributed by atoms with Crippen LogP contribution in [0.1, 0.15) is 64.5 Å². The predicted octanol–water partition coefficient (Wildman–Crippen LogP) is 5.18. The van der Waals surface area contributed by atoms with Crippen LogP contribution in [0.5, 0.6) is 0 Å². The molecule has 0 heteroatoms. The molecule has 86 valence electrons. The molecule has 0 unspecified atom stereocenters. The van der Waals surface area contributed by atoms with Gasteiger partial charge in [-0.05, 0) is 23.5 Å². The third-order valence-electron chi connectivity index (χ3n) is 2.56. The zero-order valence-corrected chi connectivity index (χ0v) is 11.0. The summed E-state index contributed by atoms with van der Waals surface area (Å²) >= 11 is 0. The van der Waals surface area contributed by atoms with Crippen LogP contribution in [0, 0.1) is 0 Å². The highest BCUT2D eigenvalue weighted by Crippen LogP contribution is 2.18. The summed E-state index contributed by atoms with van der Waals surface area (Å²) in [5.41, 5.74) is 2.98. The van der Waals surface area contributed by atoms with Crippen molar-refractivity contribution < 1.29 is 0 Å². The number of benzene rings is 1. The number of unbranched alkanes of at least 4 members (excludes halogenated alkanes) is 1. The Morgan fingerprint density at radius 1 is 0.933 bits per heavy atom. The van der Waals surface area contributed by atoms with Crippen LogP contribution < -0.4 is 0 Å². The van der Waals surface area contributed by atoms with E-state index in [2.05, 4.69) is 58.9 Å². The highest BCUT2D eigenvalue weighted by molar-refractivity contribution is 5.29. The lowest BCUT2D eigenvalue weighted by molar-refractivity contribution is 0.844. The molecule has 0 aliphatic heterocycles.